The van der Waals surface area contributed by atoms with Crippen LogP contribution in [0.2, 0.25) is 0 Å². The minimum Gasteiger partial charge on any atom is -0.493 e. The monoisotopic (exact) mass is 226 g/mol. The Morgan fingerprint density at radius 1 is 1.56 bits per heavy atom. The van der Waals surface area contributed by atoms with Gasteiger partial charge in [-0.3, -0.25) is 0 Å². The Morgan fingerprint density at radius 2 is 2.31 bits per heavy atom. The van der Waals surface area contributed by atoms with Crippen molar-refractivity contribution in [3.05, 3.63) is 28.8 Å². The molecule has 0 aliphatic carbocycles. The summed E-state index contributed by atoms with van der Waals surface area (Å²) in [5.74, 6) is -1.34. The Hall–Kier alpha value is -1.45. The second kappa shape index (κ2) is 4.20. The highest BCUT2D eigenvalue weighted by atomic mass is 19.1. The van der Waals surface area contributed by atoms with E-state index in [1.54, 1.807) is 6.92 Å². The number of rotatable bonds is 3. The fraction of sp³-hybridized carbons (Fsp3) is 0.417. The summed E-state index contributed by atoms with van der Waals surface area (Å²) in [6.07, 6.45) is 1.25. The molecule has 0 saturated heterocycles. The van der Waals surface area contributed by atoms with Gasteiger partial charge in [-0.15, -0.1) is 0 Å². The van der Waals surface area contributed by atoms with Gasteiger partial charge < -0.3 is 9.53 Å². The summed E-state index contributed by atoms with van der Waals surface area (Å²) in [4.78, 5) is 10.4. The molecule has 1 aromatic carbocycles. The lowest BCUT2D eigenvalue weighted by molar-refractivity contribution is -0.108. The largest absolute Gasteiger partial charge is 0.493 e. The second-order valence-electron chi connectivity index (χ2n) is 3.96. The quantitative estimate of drug-likeness (QED) is 0.740. The number of fused-ring (bicyclic) bond motifs is 1. The second-order valence-corrected chi connectivity index (χ2v) is 3.96. The Balaban J connectivity index is 2.49. The first kappa shape index (κ1) is 11.0. The summed E-state index contributed by atoms with van der Waals surface area (Å²) in [6.45, 7) is 2.02. The first-order valence-electron chi connectivity index (χ1n) is 5.22. The molecule has 1 unspecified atom stereocenters. The average molecular weight is 226 g/mol. The third-order valence-corrected chi connectivity index (χ3v) is 2.87. The zero-order valence-electron chi connectivity index (χ0n) is 8.93. The van der Waals surface area contributed by atoms with Gasteiger partial charge in [0.15, 0.2) is 0 Å². The first-order chi connectivity index (χ1) is 7.65. The topological polar surface area (TPSA) is 26.3 Å². The van der Waals surface area contributed by atoms with Gasteiger partial charge in [-0.1, -0.05) is 6.92 Å². The number of ether oxygens (including phenoxy) is 1. The van der Waals surface area contributed by atoms with Gasteiger partial charge in [0.2, 0.25) is 0 Å². The highest BCUT2D eigenvalue weighted by Crippen LogP contribution is 2.35. The van der Waals surface area contributed by atoms with Crippen LogP contribution in [0, 0.1) is 11.6 Å². The maximum Gasteiger partial charge on any atom is 0.136 e. The van der Waals surface area contributed by atoms with E-state index in [9.17, 15) is 13.6 Å². The molecule has 1 aromatic rings. The van der Waals surface area contributed by atoms with E-state index in [0.29, 0.717) is 24.9 Å². The van der Waals surface area contributed by atoms with E-state index in [1.807, 2.05) is 0 Å². The van der Waals surface area contributed by atoms with Gasteiger partial charge >= 0.3 is 0 Å². The summed E-state index contributed by atoms with van der Waals surface area (Å²) in [5, 5.41) is 0. The van der Waals surface area contributed by atoms with Crippen molar-refractivity contribution >= 4 is 6.29 Å². The van der Waals surface area contributed by atoms with Gasteiger partial charge in [0, 0.05) is 30.0 Å². The van der Waals surface area contributed by atoms with E-state index >= 15 is 0 Å². The fourth-order valence-corrected chi connectivity index (χ4v) is 1.99. The molecular weight excluding hydrogens is 214 g/mol. The summed E-state index contributed by atoms with van der Waals surface area (Å²) in [5.41, 5.74) is 0.422. The van der Waals surface area contributed by atoms with Crippen molar-refractivity contribution in [3.63, 3.8) is 0 Å². The van der Waals surface area contributed by atoms with Crippen molar-refractivity contribution in [1.29, 1.82) is 0 Å². The Morgan fingerprint density at radius 3 is 3.00 bits per heavy atom. The number of carbonyl (C=O) groups excluding carboxylic acids is 1. The van der Waals surface area contributed by atoms with E-state index in [2.05, 4.69) is 0 Å². The lowest BCUT2D eigenvalue weighted by atomic mass is 9.94. The van der Waals surface area contributed by atoms with Gasteiger partial charge in [0.25, 0.3) is 0 Å². The van der Waals surface area contributed by atoms with Crippen molar-refractivity contribution in [2.45, 2.75) is 25.7 Å². The molecule has 1 atom stereocenters. The van der Waals surface area contributed by atoms with Crippen LogP contribution in [0.4, 0.5) is 8.78 Å². The van der Waals surface area contributed by atoms with Gasteiger partial charge in [0.05, 0.1) is 6.61 Å². The van der Waals surface area contributed by atoms with Crippen LogP contribution in [0.5, 0.6) is 5.75 Å². The molecule has 0 amide bonds. The molecule has 1 heterocycles. The number of halogens is 2. The Bertz CT molecular complexity index is 430. The lowest BCUT2D eigenvalue weighted by Gasteiger charge is -2.13. The minimum atomic E-state index is -0.632. The molecule has 2 nitrogen and oxygen atoms in total. The van der Waals surface area contributed by atoms with Crippen LogP contribution in [0.3, 0.4) is 0 Å². The average Bonchev–Trinajstić information content (AvgIpc) is 2.66. The normalized spacial score (nSPS) is 15.4. The number of hydrogen-bond acceptors (Lipinski definition) is 2. The molecule has 16 heavy (non-hydrogen) atoms. The van der Waals surface area contributed by atoms with E-state index in [-0.39, 0.29) is 17.7 Å². The highest BCUT2D eigenvalue weighted by Gasteiger charge is 2.25. The van der Waals surface area contributed by atoms with Crippen LogP contribution < -0.4 is 4.74 Å². The summed E-state index contributed by atoms with van der Waals surface area (Å²) in [6, 6.07) is 1.21. The summed E-state index contributed by atoms with van der Waals surface area (Å²) < 4.78 is 32.7. The van der Waals surface area contributed by atoms with Crippen molar-refractivity contribution in [2.24, 2.45) is 0 Å². The molecule has 2 rings (SSSR count). The summed E-state index contributed by atoms with van der Waals surface area (Å²) in [7, 11) is 0. The van der Waals surface area contributed by atoms with Crippen molar-refractivity contribution < 1.29 is 18.3 Å². The molecule has 0 bridgehead atoms. The van der Waals surface area contributed by atoms with Crippen LogP contribution in [-0.4, -0.2) is 12.9 Å². The van der Waals surface area contributed by atoms with Gasteiger partial charge in [-0.2, -0.15) is 0 Å². The molecule has 0 saturated carbocycles. The van der Waals surface area contributed by atoms with E-state index < -0.39 is 17.6 Å². The molecule has 0 N–H and O–H groups in total. The third kappa shape index (κ3) is 1.68. The number of hydrogen-bond donors (Lipinski definition) is 0. The first-order valence-corrected chi connectivity index (χ1v) is 5.22. The maximum atomic E-state index is 14.0. The van der Waals surface area contributed by atoms with Crippen molar-refractivity contribution in [3.8, 4) is 5.75 Å². The van der Waals surface area contributed by atoms with Crippen LogP contribution in [0.15, 0.2) is 6.07 Å². The SMILES string of the molecule is CC(CC=O)c1c(F)cc2c(c1F)CCO2. The predicted octanol–water partition coefficient (Wildman–Crippen LogP) is 2.59. The van der Waals surface area contributed by atoms with Crippen molar-refractivity contribution in [2.75, 3.05) is 6.61 Å². The molecule has 1 aliphatic rings. The zero-order valence-corrected chi connectivity index (χ0v) is 8.93. The van der Waals surface area contributed by atoms with Crippen LogP contribution >= 0.6 is 0 Å². The van der Waals surface area contributed by atoms with E-state index in [4.69, 9.17) is 4.74 Å². The summed E-state index contributed by atoms with van der Waals surface area (Å²) >= 11 is 0. The predicted molar refractivity (Wildman–Crippen MR) is 54.7 cm³/mol. The lowest BCUT2D eigenvalue weighted by Crippen LogP contribution is -2.04. The molecule has 0 radical (unpaired) electrons. The molecular formula is C12H12F2O2. The molecule has 0 aromatic heterocycles. The zero-order chi connectivity index (χ0) is 11.7. The molecule has 4 heteroatoms. The van der Waals surface area contributed by atoms with Crippen LogP contribution in [-0.2, 0) is 11.2 Å². The standard InChI is InChI=1S/C12H12F2O2/c1-7(2-4-15)11-9(13)6-10-8(12(11)14)3-5-16-10/h4,6-7H,2-3,5H2,1H3. The van der Waals surface area contributed by atoms with E-state index in [0.717, 1.165) is 0 Å². The van der Waals surface area contributed by atoms with Crippen LogP contribution in [0.1, 0.15) is 30.4 Å². The number of benzene rings is 1. The van der Waals surface area contributed by atoms with Gasteiger partial charge in [-0.05, 0) is 5.92 Å². The fourth-order valence-electron chi connectivity index (χ4n) is 1.99. The van der Waals surface area contributed by atoms with Crippen LogP contribution in [0.25, 0.3) is 0 Å². The minimum absolute atomic E-state index is 0.00338. The molecule has 1 aliphatic heterocycles. The Kier molecular flexibility index (Phi) is 2.90. The third-order valence-electron chi connectivity index (χ3n) is 2.87. The number of aldehydes is 1. The van der Waals surface area contributed by atoms with Gasteiger partial charge in [-0.25, -0.2) is 8.78 Å². The Labute approximate surface area is 92.2 Å². The van der Waals surface area contributed by atoms with Crippen molar-refractivity contribution in [1.82, 2.24) is 0 Å². The van der Waals surface area contributed by atoms with Gasteiger partial charge in [0.1, 0.15) is 23.7 Å². The maximum absolute atomic E-state index is 14.0. The molecule has 0 fully saturated rings. The van der Waals surface area contributed by atoms with E-state index in [1.165, 1.54) is 6.07 Å². The smallest absolute Gasteiger partial charge is 0.136 e. The highest BCUT2D eigenvalue weighted by molar-refractivity contribution is 5.52. The molecule has 0 spiro atoms. The molecule has 86 valence electrons. The number of carbonyl (C=O) groups is 1.